The highest BCUT2D eigenvalue weighted by Crippen LogP contribution is 2.54. The highest BCUT2D eigenvalue weighted by molar-refractivity contribution is 6.00. The molecule has 0 spiro atoms. The summed E-state index contributed by atoms with van der Waals surface area (Å²) in [6.45, 7) is 4.89. The average Bonchev–Trinajstić information content (AvgIpc) is 3.10. The standard InChI is InChI=1S/C43H38N4/c1-28-21-31-22-29(2)25-43(24-28,26-31)35-19-17-34(18-20-35)41-45-40(33-9-4-3-5-10-33)46-42(47-41)38-13-7-6-12-36(38)37-14-8-11-32-16-15-30(27-44)23-39(32)37/h3-20,23,28-29,31H,21-22,24-26H2,1-2H3/t28-,29+,31-,43?. The summed E-state index contributed by atoms with van der Waals surface area (Å²) < 4.78 is 0. The number of hydrogen-bond donors (Lipinski definition) is 0. The third kappa shape index (κ3) is 5.51. The Labute approximate surface area is 277 Å². The Bertz CT molecular complexity index is 2110. The molecule has 4 nitrogen and oxygen atoms in total. The van der Waals surface area contributed by atoms with E-state index in [-0.39, 0.29) is 5.41 Å². The summed E-state index contributed by atoms with van der Waals surface area (Å²) in [4.78, 5) is 15.3. The first-order valence-electron chi connectivity index (χ1n) is 16.9. The molecule has 4 atom stereocenters. The summed E-state index contributed by atoms with van der Waals surface area (Å²) in [6.07, 6.45) is 6.62. The van der Waals surface area contributed by atoms with Crippen molar-refractivity contribution in [2.45, 2.75) is 51.4 Å². The molecule has 6 aromatic rings. The minimum absolute atomic E-state index is 0.279. The molecule has 1 heterocycles. The van der Waals surface area contributed by atoms with Gasteiger partial charge in [0.05, 0.1) is 11.6 Å². The van der Waals surface area contributed by atoms with Crippen molar-refractivity contribution < 1.29 is 0 Å². The molecule has 2 bridgehead atoms. The SMILES string of the molecule is C[C@@H]1C[C@@H]2C[C@H](C)CC(c3ccc(-c4nc(-c5ccccc5)nc(-c5ccccc5-c5cccc6ccc(C#N)cc56)n4)cc3)(C1)C2. The molecule has 2 aliphatic carbocycles. The summed E-state index contributed by atoms with van der Waals surface area (Å²) in [7, 11) is 0. The van der Waals surface area contributed by atoms with Crippen LogP contribution in [0.15, 0.2) is 115 Å². The van der Waals surface area contributed by atoms with Crippen LogP contribution in [0.1, 0.15) is 57.1 Å². The fourth-order valence-corrected chi connectivity index (χ4v) is 8.86. The van der Waals surface area contributed by atoms with Crippen molar-refractivity contribution in [3.05, 3.63) is 126 Å². The number of benzene rings is 5. The van der Waals surface area contributed by atoms with Crippen LogP contribution in [0.4, 0.5) is 0 Å². The van der Waals surface area contributed by atoms with Crippen LogP contribution in [0.5, 0.6) is 0 Å². The van der Waals surface area contributed by atoms with Gasteiger partial charge in [-0.15, -0.1) is 0 Å². The van der Waals surface area contributed by atoms with E-state index in [0.717, 1.165) is 56.3 Å². The Kier molecular flexibility index (Phi) is 7.41. The molecule has 1 unspecified atom stereocenters. The number of rotatable bonds is 5. The molecular weight excluding hydrogens is 573 g/mol. The summed E-state index contributed by atoms with van der Waals surface area (Å²) in [5.41, 5.74) is 7.33. The van der Waals surface area contributed by atoms with E-state index in [1.807, 2.05) is 48.5 Å². The second kappa shape index (κ2) is 11.9. The van der Waals surface area contributed by atoms with Gasteiger partial charge >= 0.3 is 0 Å². The van der Waals surface area contributed by atoms with Crippen molar-refractivity contribution in [1.29, 1.82) is 5.26 Å². The molecule has 47 heavy (non-hydrogen) atoms. The Balaban J connectivity index is 1.25. The van der Waals surface area contributed by atoms with Gasteiger partial charge in [0.1, 0.15) is 0 Å². The van der Waals surface area contributed by atoms with Crippen LogP contribution in [-0.2, 0) is 5.41 Å². The van der Waals surface area contributed by atoms with Gasteiger partial charge in [-0.1, -0.05) is 117 Å². The summed E-state index contributed by atoms with van der Waals surface area (Å²) in [5, 5.41) is 11.8. The van der Waals surface area contributed by atoms with E-state index in [9.17, 15) is 5.26 Å². The molecule has 230 valence electrons. The normalized spacial score (nSPS) is 22.1. The first-order valence-corrected chi connectivity index (χ1v) is 16.9. The Morgan fingerprint density at radius 2 is 1.21 bits per heavy atom. The van der Waals surface area contributed by atoms with Gasteiger partial charge in [0.2, 0.25) is 0 Å². The molecule has 0 amide bonds. The number of nitriles is 1. The van der Waals surface area contributed by atoms with Crippen LogP contribution in [-0.4, -0.2) is 15.0 Å². The van der Waals surface area contributed by atoms with Crippen LogP contribution in [0.3, 0.4) is 0 Å². The second-order valence-electron chi connectivity index (χ2n) is 14.1. The first kappa shape index (κ1) is 29.3. The van der Waals surface area contributed by atoms with E-state index < -0.39 is 0 Å². The minimum atomic E-state index is 0.279. The average molecular weight is 611 g/mol. The number of nitrogens with zero attached hydrogens (tertiary/aromatic N) is 4. The largest absolute Gasteiger partial charge is 0.208 e. The summed E-state index contributed by atoms with van der Waals surface area (Å²) >= 11 is 0. The first-order chi connectivity index (χ1) is 23.0. The number of aromatic nitrogens is 3. The Morgan fingerprint density at radius 1 is 0.596 bits per heavy atom. The molecule has 0 saturated heterocycles. The minimum Gasteiger partial charge on any atom is -0.208 e. The zero-order valence-electron chi connectivity index (χ0n) is 27.0. The quantitative estimate of drug-likeness (QED) is 0.195. The van der Waals surface area contributed by atoms with E-state index >= 15 is 0 Å². The van der Waals surface area contributed by atoms with Crippen LogP contribution < -0.4 is 0 Å². The van der Waals surface area contributed by atoms with E-state index in [2.05, 4.69) is 86.6 Å². The third-order valence-electron chi connectivity index (χ3n) is 10.5. The Morgan fingerprint density at radius 3 is 1.91 bits per heavy atom. The van der Waals surface area contributed by atoms with Crippen molar-refractivity contribution >= 4 is 10.8 Å². The molecule has 4 heteroatoms. The van der Waals surface area contributed by atoms with Gasteiger partial charge in [0.25, 0.3) is 0 Å². The van der Waals surface area contributed by atoms with Gasteiger partial charge < -0.3 is 0 Å². The molecule has 2 fully saturated rings. The van der Waals surface area contributed by atoms with Gasteiger partial charge in [-0.2, -0.15) is 5.26 Å². The van der Waals surface area contributed by atoms with Gasteiger partial charge in [0, 0.05) is 16.7 Å². The molecule has 8 rings (SSSR count). The van der Waals surface area contributed by atoms with Crippen LogP contribution in [0.25, 0.3) is 56.1 Å². The van der Waals surface area contributed by atoms with Crippen molar-refractivity contribution in [3.63, 3.8) is 0 Å². The number of hydrogen-bond acceptors (Lipinski definition) is 4. The lowest BCUT2D eigenvalue weighted by Gasteiger charge is -2.50. The highest BCUT2D eigenvalue weighted by Gasteiger charge is 2.45. The van der Waals surface area contributed by atoms with Gasteiger partial charge in [-0.3, -0.25) is 0 Å². The maximum Gasteiger partial charge on any atom is 0.164 e. The zero-order valence-corrected chi connectivity index (χ0v) is 27.0. The maximum absolute atomic E-state index is 9.65. The van der Waals surface area contributed by atoms with Crippen molar-refractivity contribution in [3.8, 4) is 51.4 Å². The fourth-order valence-electron chi connectivity index (χ4n) is 8.86. The molecule has 0 aliphatic heterocycles. The third-order valence-corrected chi connectivity index (χ3v) is 10.5. The predicted molar refractivity (Wildman–Crippen MR) is 190 cm³/mol. The zero-order chi connectivity index (χ0) is 32.0. The monoisotopic (exact) mass is 610 g/mol. The van der Waals surface area contributed by atoms with Gasteiger partial charge in [-0.05, 0) is 94.9 Å². The van der Waals surface area contributed by atoms with Crippen LogP contribution in [0, 0.1) is 29.1 Å². The van der Waals surface area contributed by atoms with E-state index in [0.29, 0.717) is 23.0 Å². The fraction of sp³-hybridized carbons (Fsp3) is 0.256. The molecule has 0 radical (unpaired) electrons. The molecule has 2 aliphatic rings. The summed E-state index contributed by atoms with van der Waals surface area (Å²) in [5.74, 6) is 4.34. The molecule has 0 N–H and O–H groups in total. The lowest BCUT2D eigenvalue weighted by Crippen LogP contribution is -2.42. The molecule has 2 saturated carbocycles. The number of fused-ring (bicyclic) bond motifs is 3. The van der Waals surface area contributed by atoms with Gasteiger partial charge in [0.15, 0.2) is 17.5 Å². The highest BCUT2D eigenvalue weighted by atomic mass is 15.0. The summed E-state index contributed by atoms with van der Waals surface area (Å²) in [6, 6.07) is 42.0. The molecule has 1 aromatic heterocycles. The molecular formula is C43H38N4. The second-order valence-corrected chi connectivity index (χ2v) is 14.1. The topological polar surface area (TPSA) is 62.5 Å². The van der Waals surface area contributed by atoms with Crippen LogP contribution >= 0.6 is 0 Å². The van der Waals surface area contributed by atoms with Crippen molar-refractivity contribution in [2.24, 2.45) is 17.8 Å². The predicted octanol–water partition coefficient (Wildman–Crippen LogP) is 10.7. The van der Waals surface area contributed by atoms with Gasteiger partial charge in [-0.25, -0.2) is 15.0 Å². The van der Waals surface area contributed by atoms with E-state index in [1.54, 1.807) is 0 Å². The molecule has 5 aromatic carbocycles. The maximum atomic E-state index is 9.65. The smallest absolute Gasteiger partial charge is 0.164 e. The Hall–Kier alpha value is -5.14. The van der Waals surface area contributed by atoms with Crippen molar-refractivity contribution in [1.82, 2.24) is 15.0 Å². The van der Waals surface area contributed by atoms with E-state index in [4.69, 9.17) is 15.0 Å². The van der Waals surface area contributed by atoms with Crippen molar-refractivity contribution in [2.75, 3.05) is 0 Å². The van der Waals surface area contributed by atoms with E-state index in [1.165, 1.54) is 37.7 Å². The lowest BCUT2D eigenvalue weighted by atomic mass is 9.54. The van der Waals surface area contributed by atoms with Crippen LogP contribution in [0.2, 0.25) is 0 Å². The lowest BCUT2D eigenvalue weighted by molar-refractivity contribution is 0.0780.